The molecule has 0 saturated carbocycles. The largest absolute Gasteiger partial charge is 0.466 e. The van der Waals surface area contributed by atoms with Crippen molar-refractivity contribution >= 4 is 11.9 Å². The summed E-state index contributed by atoms with van der Waals surface area (Å²) in [5.74, 6) is -0.0213. The van der Waals surface area contributed by atoms with E-state index in [0.717, 1.165) is 44.9 Å². The van der Waals surface area contributed by atoms with Crippen LogP contribution in [0.2, 0.25) is 0 Å². The minimum Gasteiger partial charge on any atom is -0.466 e. The first-order valence-electron chi connectivity index (χ1n) is 35.6. The summed E-state index contributed by atoms with van der Waals surface area (Å²) in [5.41, 5.74) is 0. The number of hydrogen-bond donors (Lipinski definition) is 3. The summed E-state index contributed by atoms with van der Waals surface area (Å²) in [4.78, 5) is 24.6. The van der Waals surface area contributed by atoms with Crippen LogP contribution in [-0.2, 0) is 14.3 Å². The average Bonchev–Trinajstić information content (AvgIpc) is 3.44. The first-order valence-corrected chi connectivity index (χ1v) is 35.6. The third kappa shape index (κ3) is 63.5. The Labute approximate surface area is 488 Å². The van der Waals surface area contributed by atoms with E-state index in [4.69, 9.17) is 4.74 Å². The summed E-state index contributed by atoms with van der Waals surface area (Å²) in [6, 6.07) is -0.543. The lowest BCUT2D eigenvalue weighted by Crippen LogP contribution is -2.45. The molecule has 2 atom stereocenters. The van der Waals surface area contributed by atoms with Crippen molar-refractivity contribution in [2.75, 3.05) is 13.2 Å². The zero-order valence-electron chi connectivity index (χ0n) is 52.9. The van der Waals surface area contributed by atoms with Gasteiger partial charge in [0.15, 0.2) is 0 Å². The third-order valence-corrected chi connectivity index (χ3v) is 16.7. The monoisotopic (exact) mass is 1100 g/mol. The molecular formula is C72H139NO5. The highest BCUT2D eigenvalue weighted by Gasteiger charge is 2.20. The highest BCUT2D eigenvalue weighted by molar-refractivity contribution is 5.76. The number of ether oxygens (including phenoxy) is 1. The van der Waals surface area contributed by atoms with Gasteiger partial charge >= 0.3 is 5.97 Å². The highest BCUT2D eigenvalue weighted by atomic mass is 16.5. The lowest BCUT2D eigenvalue weighted by Gasteiger charge is -2.22. The fourth-order valence-corrected chi connectivity index (χ4v) is 11.3. The Morgan fingerprint density at radius 2 is 0.603 bits per heavy atom. The van der Waals surface area contributed by atoms with Gasteiger partial charge in [-0.25, -0.2) is 0 Å². The number of hydrogen-bond acceptors (Lipinski definition) is 5. The summed E-state index contributed by atoms with van der Waals surface area (Å²) >= 11 is 0. The highest BCUT2D eigenvalue weighted by Crippen LogP contribution is 2.19. The van der Waals surface area contributed by atoms with E-state index < -0.39 is 12.1 Å². The van der Waals surface area contributed by atoms with E-state index in [-0.39, 0.29) is 18.5 Å². The van der Waals surface area contributed by atoms with Gasteiger partial charge in [0, 0.05) is 12.8 Å². The minimum absolute atomic E-state index is 0.0118. The number of rotatable bonds is 67. The molecule has 6 heteroatoms. The molecular weight excluding hydrogens is 959 g/mol. The van der Waals surface area contributed by atoms with Gasteiger partial charge in [0.2, 0.25) is 5.91 Å². The van der Waals surface area contributed by atoms with Gasteiger partial charge in [-0.3, -0.25) is 9.59 Å². The zero-order chi connectivity index (χ0) is 56.4. The molecule has 0 aromatic heterocycles. The molecule has 78 heavy (non-hydrogen) atoms. The maximum atomic E-state index is 12.5. The predicted octanol–water partition coefficient (Wildman–Crippen LogP) is 22.9. The predicted molar refractivity (Wildman–Crippen MR) is 343 cm³/mol. The molecule has 462 valence electrons. The number of aliphatic hydroxyl groups is 2. The van der Waals surface area contributed by atoms with E-state index >= 15 is 0 Å². The summed E-state index contributed by atoms with van der Waals surface area (Å²) in [7, 11) is 0. The molecule has 0 rings (SSSR count). The Kier molecular flexibility index (Phi) is 66.4. The Morgan fingerprint density at radius 1 is 0.346 bits per heavy atom. The van der Waals surface area contributed by atoms with Crippen LogP contribution in [0.3, 0.4) is 0 Å². The number of nitrogens with one attached hydrogen (secondary N) is 1. The van der Waals surface area contributed by atoms with Gasteiger partial charge in [0.1, 0.15) is 0 Å². The number of esters is 1. The molecule has 0 aromatic carbocycles. The summed E-state index contributed by atoms with van der Waals surface area (Å²) < 4.78 is 5.50. The van der Waals surface area contributed by atoms with Crippen LogP contribution in [0.1, 0.15) is 399 Å². The van der Waals surface area contributed by atoms with Crippen LogP contribution >= 0.6 is 0 Å². The number of unbranched alkanes of at least 4 members (excludes halogenated alkanes) is 52. The maximum absolute atomic E-state index is 12.5. The van der Waals surface area contributed by atoms with Gasteiger partial charge in [0.05, 0.1) is 25.4 Å². The second-order valence-corrected chi connectivity index (χ2v) is 24.6. The molecule has 0 heterocycles. The van der Waals surface area contributed by atoms with Crippen LogP contribution < -0.4 is 5.32 Å². The van der Waals surface area contributed by atoms with Gasteiger partial charge in [0.25, 0.3) is 0 Å². The van der Waals surface area contributed by atoms with E-state index in [2.05, 4.69) is 43.5 Å². The minimum atomic E-state index is -0.666. The number of carbonyl (C=O) groups excluding carboxylic acids is 2. The topological polar surface area (TPSA) is 95.9 Å². The van der Waals surface area contributed by atoms with Gasteiger partial charge in [-0.05, 0) is 77.0 Å². The normalized spacial score (nSPS) is 12.6. The number of amides is 1. The quantitative estimate of drug-likeness (QED) is 0.0320. The van der Waals surface area contributed by atoms with Crippen LogP contribution in [0.25, 0.3) is 0 Å². The molecule has 0 aliphatic rings. The molecule has 1 amide bonds. The van der Waals surface area contributed by atoms with Crippen LogP contribution in [0.15, 0.2) is 24.3 Å². The Morgan fingerprint density at radius 3 is 0.910 bits per heavy atom. The van der Waals surface area contributed by atoms with Crippen molar-refractivity contribution in [3.63, 3.8) is 0 Å². The van der Waals surface area contributed by atoms with Crippen molar-refractivity contribution in [1.29, 1.82) is 0 Å². The Hall–Kier alpha value is -1.66. The Bertz CT molecular complexity index is 1220. The third-order valence-electron chi connectivity index (χ3n) is 16.7. The molecule has 0 bridgehead atoms. The second-order valence-electron chi connectivity index (χ2n) is 24.6. The molecule has 0 spiro atoms. The first kappa shape index (κ1) is 76.3. The first-order chi connectivity index (χ1) is 38.5. The molecule has 0 aliphatic heterocycles. The van der Waals surface area contributed by atoms with Gasteiger partial charge in [-0.2, -0.15) is 0 Å². The van der Waals surface area contributed by atoms with Crippen LogP contribution in [-0.4, -0.2) is 47.4 Å². The number of aliphatic hydroxyl groups excluding tert-OH is 2. The summed E-state index contributed by atoms with van der Waals surface area (Å²) in [6.07, 6.45) is 85.1. The average molecular weight is 1100 g/mol. The summed E-state index contributed by atoms with van der Waals surface area (Å²) in [5, 5.41) is 23.4. The van der Waals surface area contributed by atoms with Crippen LogP contribution in [0.5, 0.6) is 0 Å². The fourth-order valence-electron chi connectivity index (χ4n) is 11.3. The van der Waals surface area contributed by atoms with Crippen LogP contribution in [0.4, 0.5) is 0 Å². The SMILES string of the molecule is CCCCCCCC/C=C\CCCCCCCCCC(=O)OCCCCCCCCCCCCCC/C=C\CCCCCCCCCCCCC(=O)NC(CO)C(O)CCCCCCCCCCCCCCCCCCCC. The molecule has 2 unspecified atom stereocenters. The summed E-state index contributed by atoms with van der Waals surface area (Å²) in [6.45, 7) is 4.98. The second kappa shape index (κ2) is 67.8. The van der Waals surface area contributed by atoms with Crippen molar-refractivity contribution in [2.24, 2.45) is 0 Å². The molecule has 0 aliphatic carbocycles. The van der Waals surface area contributed by atoms with Crippen molar-refractivity contribution in [3.8, 4) is 0 Å². The number of carbonyl (C=O) groups is 2. The molecule has 0 aromatic rings. The zero-order valence-corrected chi connectivity index (χ0v) is 52.9. The lowest BCUT2D eigenvalue weighted by molar-refractivity contribution is -0.143. The van der Waals surface area contributed by atoms with Crippen molar-refractivity contribution in [1.82, 2.24) is 5.32 Å². The number of allylic oxidation sites excluding steroid dienone is 4. The van der Waals surface area contributed by atoms with E-state index in [1.807, 2.05) is 0 Å². The standard InChI is InChI=1S/C72H139NO5/c1-3-5-7-9-11-13-15-17-19-21-33-36-40-44-48-52-56-60-64-70(75)69(68-74)73-71(76)65-61-57-53-49-45-41-37-34-30-28-26-24-22-23-25-27-29-31-35-39-43-47-51-55-59-63-67-78-72(77)66-62-58-54-50-46-42-38-32-20-18-16-14-12-10-8-6-4-2/h18,20,22,24,69-70,74-75H,3-17,19,21,23,25-68H2,1-2H3,(H,73,76)/b20-18-,24-22-. The van der Waals surface area contributed by atoms with Gasteiger partial charge in [-0.15, -0.1) is 0 Å². The molecule has 6 nitrogen and oxygen atoms in total. The van der Waals surface area contributed by atoms with E-state index in [9.17, 15) is 19.8 Å². The fraction of sp³-hybridized carbons (Fsp3) is 0.917. The molecule has 0 saturated heterocycles. The maximum Gasteiger partial charge on any atom is 0.305 e. The van der Waals surface area contributed by atoms with E-state index in [1.165, 1.54) is 321 Å². The van der Waals surface area contributed by atoms with Crippen molar-refractivity contribution < 1.29 is 24.5 Å². The van der Waals surface area contributed by atoms with Crippen molar-refractivity contribution in [2.45, 2.75) is 411 Å². The van der Waals surface area contributed by atoms with E-state index in [1.54, 1.807) is 0 Å². The lowest BCUT2D eigenvalue weighted by atomic mass is 10.0. The smallest absolute Gasteiger partial charge is 0.305 e. The van der Waals surface area contributed by atoms with Gasteiger partial charge in [-0.1, -0.05) is 334 Å². The molecule has 0 radical (unpaired) electrons. The molecule has 3 N–H and O–H groups in total. The van der Waals surface area contributed by atoms with Crippen molar-refractivity contribution in [3.05, 3.63) is 24.3 Å². The molecule has 0 fully saturated rings. The van der Waals surface area contributed by atoms with Crippen LogP contribution in [0, 0.1) is 0 Å². The van der Waals surface area contributed by atoms with Gasteiger partial charge < -0.3 is 20.3 Å². The Balaban J connectivity index is 3.38. The van der Waals surface area contributed by atoms with E-state index in [0.29, 0.717) is 25.9 Å².